The first kappa shape index (κ1) is 16.2. The number of aromatic nitrogens is 4. The van der Waals surface area contributed by atoms with E-state index in [1.165, 1.54) is 6.33 Å². The van der Waals surface area contributed by atoms with Crippen molar-refractivity contribution < 1.29 is 9.90 Å². The van der Waals surface area contributed by atoms with Gasteiger partial charge in [0.05, 0.1) is 17.3 Å². The van der Waals surface area contributed by atoms with Gasteiger partial charge in [-0.25, -0.2) is 19.4 Å². The predicted octanol–water partition coefficient (Wildman–Crippen LogP) is 2.95. The van der Waals surface area contributed by atoms with Gasteiger partial charge in [0.2, 0.25) is 0 Å². The zero-order chi connectivity index (χ0) is 17.4. The molecule has 0 atom stereocenters. The van der Waals surface area contributed by atoms with Gasteiger partial charge >= 0.3 is 5.97 Å². The van der Waals surface area contributed by atoms with Crippen LogP contribution in [0.2, 0.25) is 5.02 Å². The monoisotopic (exact) mass is 345 g/mol. The van der Waals surface area contributed by atoms with Gasteiger partial charge < -0.3 is 10.8 Å². The van der Waals surface area contributed by atoms with E-state index in [1.807, 2.05) is 13.8 Å². The molecule has 0 aliphatic carbocycles. The third kappa shape index (κ3) is 2.67. The minimum Gasteiger partial charge on any atom is -0.478 e. The van der Waals surface area contributed by atoms with Gasteiger partial charge in [-0.1, -0.05) is 25.4 Å². The fourth-order valence-corrected chi connectivity index (χ4v) is 2.86. The molecular formula is C16H16ClN5O2. The highest BCUT2D eigenvalue weighted by Gasteiger charge is 2.19. The number of hydrogen-bond acceptors (Lipinski definition) is 5. The van der Waals surface area contributed by atoms with E-state index in [0.29, 0.717) is 18.2 Å². The third-order valence-electron chi connectivity index (χ3n) is 3.71. The molecule has 0 unspecified atom stereocenters. The Kier molecular flexibility index (Phi) is 4.11. The van der Waals surface area contributed by atoms with Crippen LogP contribution in [-0.2, 0) is 6.42 Å². The summed E-state index contributed by atoms with van der Waals surface area (Å²) in [6.07, 6.45) is 3.57. The minimum absolute atomic E-state index is 0.162. The van der Waals surface area contributed by atoms with E-state index in [-0.39, 0.29) is 16.4 Å². The van der Waals surface area contributed by atoms with Gasteiger partial charge in [-0.05, 0) is 30.0 Å². The molecule has 0 bridgehead atoms. The van der Waals surface area contributed by atoms with Crippen LogP contribution in [0.3, 0.4) is 0 Å². The average molecular weight is 346 g/mol. The maximum absolute atomic E-state index is 11.5. The van der Waals surface area contributed by atoms with Gasteiger partial charge in [0.15, 0.2) is 5.82 Å². The summed E-state index contributed by atoms with van der Waals surface area (Å²) in [5.74, 6) is -0.132. The number of anilines is 1. The molecule has 1 aromatic carbocycles. The number of carbonyl (C=O) groups is 1. The number of fused-ring (bicyclic) bond motifs is 1. The van der Waals surface area contributed by atoms with Crippen LogP contribution in [0, 0.1) is 5.92 Å². The van der Waals surface area contributed by atoms with Gasteiger partial charge in [0.25, 0.3) is 0 Å². The molecule has 124 valence electrons. The van der Waals surface area contributed by atoms with Crippen molar-refractivity contribution in [3.8, 4) is 5.82 Å². The Balaban J connectivity index is 2.27. The van der Waals surface area contributed by atoms with Gasteiger partial charge in [0.1, 0.15) is 17.2 Å². The van der Waals surface area contributed by atoms with E-state index in [2.05, 4.69) is 15.1 Å². The second-order valence-corrected chi connectivity index (χ2v) is 6.26. The standard InChI is InChI=1S/C16H16ClN5O2/c1-8(2)5-10-9(16(23)24)3-4-12-11(10)6-21-22(12)15-13(17)14(18)19-7-20-15/h3-4,6-8H,5H2,1-2H3,(H,23,24)(H2,18,19,20). The zero-order valence-corrected chi connectivity index (χ0v) is 13.9. The molecule has 0 saturated heterocycles. The van der Waals surface area contributed by atoms with Crippen molar-refractivity contribution in [2.45, 2.75) is 20.3 Å². The summed E-state index contributed by atoms with van der Waals surface area (Å²) in [5.41, 5.74) is 7.48. The van der Waals surface area contributed by atoms with Crippen LogP contribution in [-0.4, -0.2) is 30.8 Å². The number of aromatic carboxylic acids is 1. The van der Waals surface area contributed by atoms with Crippen molar-refractivity contribution in [3.05, 3.63) is 40.8 Å². The number of hydrogen-bond donors (Lipinski definition) is 2. The lowest BCUT2D eigenvalue weighted by Crippen LogP contribution is -2.07. The van der Waals surface area contributed by atoms with E-state index in [4.69, 9.17) is 17.3 Å². The number of nitrogens with two attached hydrogens (primary N) is 1. The normalized spacial score (nSPS) is 11.3. The predicted molar refractivity (Wildman–Crippen MR) is 91.6 cm³/mol. The molecule has 0 aliphatic heterocycles. The van der Waals surface area contributed by atoms with Crippen LogP contribution < -0.4 is 5.73 Å². The van der Waals surface area contributed by atoms with Crippen molar-refractivity contribution in [1.29, 1.82) is 0 Å². The Morgan fingerprint density at radius 1 is 1.38 bits per heavy atom. The molecule has 0 saturated carbocycles. The Hall–Kier alpha value is -2.67. The molecule has 0 amide bonds. The largest absolute Gasteiger partial charge is 0.478 e. The highest BCUT2D eigenvalue weighted by molar-refractivity contribution is 6.34. The molecule has 0 radical (unpaired) electrons. The van der Waals surface area contributed by atoms with Gasteiger partial charge in [-0.15, -0.1) is 0 Å². The minimum atomic E-state index is -0.954. The maximum Gasteiger partial charge on any atom is 0.335 e. The van der Waals surface area contributed by atoms with E-state index >= 15 is 0 Å². The lowest BCUT2D eigenvalue weighted by Gasteiger charge is -2.11. The molecule has 0 spiro atoms. The molecule has 0 fully saturated rings. The first-order valence-electron chi connectivity index (χ1n) is 7.39. The maximum atomic E-state index is 11.5. The second-order valence-electron chi connectivity index (χ2n) is 5.88. The number of carboxylic acids is 1. The van der Waals surface area contributed by atoms with Crippen LogP contribution in [0.4, 0.5) is 5.82 Å². The highest BCUT2D eigenvalue weighted by atomic mass is 35.5. The number of carboxylic acid groups (broad SMARTS) is 1. The average Bonchev–Trinajstić information content (AvgIpc) is 2.94. The molecule has 3 N–H and O–H groups in total. The Morgan fingerprint density at radius 3 is 2.79 bits per heavy atom. The molecule has 8 heteroatoms. The zero-order valence-electron chi connectivity index (χ0n) is 13.2. The first-order valence-corrected chi connectivity index (χ1v) is 7.77. The summed E-state index contributed by atoms with van der Waals surface area (Å²) < 4.78 is 1.55. The SMILES string of the molecule is CC(C)Cc1c(C(=O)O)ccc2c1cnn2-c1ncnc(N)c1Cl. The summed E-state index contributed by atoms with van der Waals surface area (Å²) in [4.78, 5) is 19.5. The lowest BCUT2D eigenvalue weighted by molar-refractivity contribution is 0.0696. The molecule has 2 aromatic heterocycles. The van der Waals surface area contributed by atoms with E-state index in [0.717, 1.165) is 16.5 Å². The molecule has 7 nitrogen and oxygen atoms in total. The van der Waals surface area contributed by atoms with Crippen molar-refractivity contribution in [3.63, 3.8) is 0 Å². The van der Waals surface area contributed by atoms with Crippen LogP contribution in [0.15, 0.2) is 24.7 Å². The van der Waals surface area contributed by atoms with Crippen LogP contribution >= 0.6 is 11.6 Å². The van der Waals surface area contributed by atoms with Crippen LogP contribution in [0.1, 0.15) is 29.8 Å². The van der Waals surface area contributed by atoms with E-state index in [1.54, 1.807) is 23.0 Å². The summed E-state index contributed by atoms with van der Waals surface area (Å²) in [6.45, 7) is 4.08. The summed E-state index contributed by atoms with van der Waals surface area (Å²) in [7, 11) is 0. The molecule has 0 aliphatic rings. The molecule has 3 aromatic rings. The van der Waals surface area contributed by atoms with E-state index < -0.39 is 5.97 Å². The van der Waals surface area contributed by atoms with Gasteiger partial charge in [-0.3, -0.25) is 0 Å². The van der Waals surface area contributed by atoms with Crippen LogP contribution in [0.5, 0.6) is 0 Å². The number of halogens is 1. The second kappa shape index (κ2) is 6.09. The van der Waals surface area contributed by atoms with Crippen LogP contribution in [0.25, 0.3) is 16.7 Å². The third-order valence-corrected chi connectivity index (χ3v) is 4.07. The number of rotatable bonds is 4. The van der Waals surface area contributed by atoms with Crippen molar-refractivity contribution in [1.82, 2.24) is 19.7 Å². The summed E-state index contributed by atoms with van der Waals surface area (Å²) in [5, 5.41) is 14.8. The van der Waals surface area contributed by atoms with Crippen molar-refractivity contribution >= 4 is 34.3 Å². The van der Waals surface area contributed by atoms with Crippen molar-refractivity contribution in [2.75, 3.05) is 5.73 Å². The molecule has 2 heterocycles. The number of benzene rings is 1. The molecule has 3 rings (SSSR count). The highest BCUT2D eigenvalue weighted by Crippen LogP contribution is 2.29. The lowest BCUT2D eigenvalue weighted by atomic mass is 9.95. The number of nitrogen functional groups attached to an aromatic ring is 1. The summed E-state index contributed by atoms with van der Waals surface area (Å²) >= 11 is 6.19. The fourth-order valence-electron chi connectivity index (χ4n) is 2.68. The summed E-state index contributed by atoms with van der Waals surface area (Å²) in [6, 6.07) is 3.28. The number of nitrogens with zero attached hydrogens (tertiary/aromatic N) is 4. The Morgan fingerprint density at radius 2 is 2.12 bits per heavy atom. The molecule has 24 heavy (non-hydrogen) atoms. The Bertz CT molecular complexity index is 936. The Labute approximate surface area is 143 Å². The topological polar surface area (TPSA) is 107 Å². The smallest absolute Gasteiger partial charge is 0.335 e. The van der Waals surface area contributed by atoms with E-state index in [9.17, 15) is 9.90 Å². The fraction of sp³-hybridized carbons (Fsp3) is 0.250. The van der Waals surface area contributed by atoms with Gasteiger partial charge in [0, 0.05) is 5.39 Å². The first-order chi connectivity index (χ1) is 11.4. The van der Waals surface area contributed by atoms with Gasteiger partial charge in [-0.2, -0.15) is 5.10 Å². The van der Waals surface area contributed by atoms with Crippen molar-refractivity contribution in [2.24, 2.45) is 5.92 Å². The molecular weight excluding hydrogens is 330 g/mol. The quantitative estimate of drug-likeness (QED) is 0.752.